The van der Waals surface area contributed by atoms with Crippen LogP contribution in [-0.2, 0) is 10.0 Å². The summed E-state index contributed by atoms with van der Waals surface area (Å²) < 4.78 is 25.0. The predicted molar refractivity (Wildman–Crippen MR) is 79.8 cm³/mol. The quantitative estimate of drug-likeness (QED) is 0.816. The summed E-state index contributed by atoms with van der Waals surface area (Å²) in [7, 11) is -3.02. The molecule has 5 nitrogen and oxygen atoms in total. The van der Waals surface area contributed by atoms with Gasteiger partial charge in [-0.3, -0.25) is 0 Å². The lowest BCUT2D eigenvalue weighted by atomic mass is 9.98. The van der Waals surface area contributed by atoms with Crippen molar-refractivity contribution in [1.29, 1.82) is 0 Å². The summed E-state index contributed by atoms with van der Waals surface area (Å²) in [6.45, 7) is 4.75. The Hall–Kier alpha value is -0.170. The number of nitrogens with two attached hydrogens (primary N) is 1. The Morgan fingerprint density at radius 3 is 2.65 bits per heavy atom. The lowest BCUT2D eigenvalue weighted by Gasteiger charge is -2.33. The molecule has 6 heteroatoms. The third kappa shape index (κ3) is 3.03. The molecule has 2 N–H and O–H groups in total. The fourth-order valence-corrected chi connectivity index (χ4v) is 5.33. The van der Waals surface area contributed by atoms with E-state index in [4.69, 9.17) is 5.73 Å². The molecule has 116 valence electrons. The lowest BCUT2D eigenvalue weighted by Crippen LogP contribution is -2.43. The minimum absolute atomic E-state index is 0.392. The van der Waals surface area contributed by atoms with E-state index in [1.54, 1.807) is 4.31 Å². The summed E-state index contributed by atoms with van der Waals surface area (Å²) in [4.78, 5) is 2.53. The van der Waals surface area contributed by atoms with Crippen molar-refractivity contribution >= 4 is 10.0 Å². The second-order valence-corrected chi connectivity index (χ2v) is 9.00. The Kier molecular flexibility index (Phi) is 4.10. The van der Waals surface area contributed by atoms with E-state index in [-0.39, 0.29) is 0 Å². The Balaban J connectivity index is 1.54. The molecule has 4 unspecified atom stereocenters. The predicted octanol–water partition coefficient (Wildman–Crippen LogP) is 0.327. The molecule has 3 fully saturated rings. The zero-order valence-corrected chi connectivity index (χ0v) is 13.2. The summed E-state index contributed by atoms with van der Waals surface area (Å²) >= 11 is 0. The van der Waals surface area contributed by atoms with Crippen LogP contribution in [0.4, 0.5) is 0 Å². The lowest BCUT2D eigenvalue weighted by molar-refractivity contribution is 0.192. The molecule has 2 heterocycles. The standard InChI is InChI=1S/C14H27N3O2S/c1-20(18,19)17-6-2-3-11(8-17)7-16-9-12-4-5-14(15)13(12)10-16/h11-14H,2-10,15H2,1H3. The van der Waals surface area contributed by atoms with Crippen molar-refractivity contribution in [1.82, 2.24) is 9.21 Å². The molecule has 0 radical (unpaired) electrons. The van der Waals surface area contributed by atoms with Crippen LogP contribution >= 0.6 is 0 Å². The average Bonchev–Trinajstić information content (AvgIpc) is 2.91. The second kappa shape index (κ2) is 5.55. The molecule has 0 bridgehead atoms. The molecule has 3 rings (SSSR count). The van der Waals surface area contributed by atoms with E-state index >= 15 is 0 Å². The van der Waals surface area contributed by atoms with Gasteiger partial charge in [0.05, 0.1) is 6.26 Å². The van der Waals surface area contributed by atoms with Gasteiger partial charge in [0.2, 0.25) is 10.0 Å². The number of hydrogen-bond donors (Lipinski definition) is 1. The first kappa shape index (κ1) is 14.8. The maximum Gasteiger partial charge on any atom is 0.211 e. The summed E-state index contributed by atoms with van der Waals surface area (Å²) in [5, 5.41) is 0. The molecule has 3 aliphatic rings. The van der Waals surface area contributed by atoms with Crippen LogP contribution in [0.25, 0.3) is 0 Å². The van der Waals surface area contributed by atoms with Gasteiger partial charge in [-0.2, -0.15) is 0 Å². The number of fused-ring (bicyclic) bond motifs is 1. The average molecular weight is 301 g/mol. The normalized spacial score (nSPS) is 40.1. The molecule has 0 amide bonds. The third-order valence-corrected chi connectivity index (χ3v) is 6.72. The molecule has 2 aliphatic heterocycles. The molecule has 4 atom stereocenters. The molecule has 0 spiro atoms. The van der Waals surface area contributed by atoms with Crippen LogP contribution in [0.3, 0.4) is 0 Å². The van der Waals surface area contributed by atoms with Gasteiger partial charge in [0.15, 0.2) is 0 Å². The van der Waals surface area contributed by atoms with Crippen molar-refractivity contribution in [3.05, 3.63) is 0 Å². The van der Waals surface area contributed by atoms with Crippen molar-refractivity contribution in [2.45, 2.75) is 31.7 Å². The first-order valence-electron chi connectivity index (χ1n) is 7.86. The molecular weight excluding hydrogens is 274 g/mol. The first-order valence-corrected chi connectivity index (χ1v) is 9.71. The van der Waals surface area contributed by atoms with E-state index in [1.807, 2.05) is 0 Å². The maximum atomic E-state index is 11.7. The van der Waals surface area contributed by atoms with Gasteiger partial charge < -0.3 is 10.6 Å². The Labute approximate surface area is 122 Å². The van der Waals surface area contributed by atoms with Crippen molar-refractivity contribution in [3.8, 4) is 0 Å². The number of sulfonamides is 1. The van der Waals surface area contributed by atoms with E-state index < -0.39 is 10.0 Å². The van der Waals surface area contributed by atoms with Crippen molar-refractivity contribution in [3.63, 3.8) is 0 Å². The van der Waals surface area contributed by atoms with Crippen molar-refractivity contribution < 1.29 is 8.42 Å². The molecule has 1 saturated carbocycles. The molecule has 0 aromatic carbocycles. The van der Waals surface area contributed by atoms with E-state index in [9.17, 15) is 8.42 Å². The smallest absolute Gasteiger partial charge is 0.211 e. The first-order chi connectivity index (χ1) is 9.43. The number of hydrogen-bond acceptors (Lipinski definition) is 4. The van der Waals surface area contributed by atoms with Gasteiger partial charge in [0.1, 0.15) is 0 Å². The maximum absolute atomic E-state index is 11.7. The number of piperidine rings is 1. The van der Waals surface area contributed by atoms with Gasteiger partial charge in [0.25, 0.3) is 0 Å². The van der Waals surface area contributed by atoms with E-state index in [2.05, 4.69) is 4.90 Å². The molecule has 0 aromatic heterocycles. The van der Waals surface area contributed by atoms with Crippen LogP contribution in [-0.4, -0.2) is 62.6 Å². The number of rotatable bonds is 3. The van der Waals surface area contributed by atoms with Crippen LogP contribution in [0.15, 0.2) is 0 Å². The summed E-state index contributed by atoms with van der Waals surface area (Å²) in [5.41, 5.74) is 6.18. The fraction of sp³-hybridized carbons (Fsp3) is 1.00. The van der Waals surface area contributed by atoms with Gasteiger partial charge in [-0.05, 0) is 43.4 Å². The zero-order valence-electron chi connectivity index (χ0n) is 12.4. The molecule has 2 saturated heterocycles. The molecule has 20 heavy (non-hydrogen) atoms. The van der Waals surface area contributed by atoms with Crippen molar-refractivity contribution in [2.75, 3.05) is 39.0 Å². The topological polar surface area (TPSA) is 66.6 Å². The number of nitrogens with zero attached hydrogens (tertiary/aromatic N) is 2. The minimum atomic E-state index is -3.02. The summed E-state index contributed by atoms with van der Waals surface area (Å²) in [6, 6.07) is 0.392. The second-order valence-electron chi connectivity index (χ2n) is 7.01. The van der Waals surface area contributed by atoms with Crippen molar-refractivity contribution in [2.24, 2.45) is 23.5 Å². The molecular formula is C14H27N3O2S. The molecule has 1 aliphatic carbocycles. The van der Waals surface area contributed by atoms with Gasteiger partial charge >= 0.3 is 0 Å². The van der Waals surface area contributed by atoms with Gasteiger partial charge in [-0.15, -0.1) is 0 Å². The van der Waals surface area contributed by atoms with E-state index in [0.29, 0.717) is 31.0 Å². The third-order valence-electron chi connectivity index (χ3n) is 5.46. The van der Waals surface area contributed by atoms with Gasteiger partial charge in [0, 0.05) is 38.8 Å². The summed E-state index contributed by atoms with van der Waals surface area (Å²) in [6.07, 6.45) is 5.95. The highest BCUT2D eigenvalue weighted by Crippen LogP contribution is 2.37. The van der Waals surface area contributed by atoms with E-state index in [0.717, 1.165) is 31.8 Å². The largest absolute Gasteiger partial charge is 0.327 e. The number of likely N-dealkylation sites (tertiary alicyclic amines) is 1. The minimum Gasteiger partial charge on any atom is -0.327 e. The van der Waals surface area contributed by atoms with Gasteiger partial charge in [-0.25, -0.2) is 12.7 Å². The van der Waals surface area contributed by atoms with Crippen LogP contribution in [0.5, 0.6) is 0 Å². The van der Waals surface area contributed by atoms with Crippen LogP contribution in [0.1, 0.15) is 25.7 Å². The Morgan fingerprint density at radius 2 is 1.95 bits per heavy atom. The van der Waals surface area contributed by atoms with E-state index in [1.165, 1.54) is 25.6 Å². The monoisotopic (exact) mass is 301 g/mol. The van der Waals surface area contributed by atoms with Crippen LogP contribution in [0.2, 0.25) is 0 Å². The highest BCUT2D eigenvalue weighted by atomic mass is 32.2. The Morgan fingerprint density at radius 1 is 1.15 bits per heavy atom. The molecule has 0 aromatic rings. The fourth-order valence-electron chi connectivity index (χ4n) is 4.39. The highest BCUT2D eigenvalue weighted by molar-refractivity contribution is 7.88. The van der Waals surface area contributed by atoms with Crippen LogP contribution < -0.4 is 5.73 Å². The Bertz CT molecular complexity index is 453. The SMILES string of the molecule is CS(=O)(=O)N1CCCC(CN2CC3CCC(N)C3C2)C1. The van der Waals surface area contributed by atoms with Crippen LogP contribution in [0, 0.1) is 17.8 Å². The summed E-state index contributed by atoms with van der Waals surface area (Å²) in [5.74, 6) is 1.97. The van der Waals surface area contributed by atoms with Gasteiger partial charge in [-0.1, -0.05) is 0 Å². The highest BCUT2D eigenvalue weighted by Gasteiger charge is 2.41. The zero-order chi connectivity index (χ0) is 14.3.